The molecule has 0 aliphatic carbocycles. The van der Waals surface area contributed by atoms with Gasteiger partial charge in [0.15, 0.2) is 17.5 Å². The van der Waals surface area contributed by atoms with Gasteiger partial charge < -0.3 is 49.3 Å². The third-order valence-electron chi connectivity index (χ3n) is 22.9. The Morgan fingerprint density at radius 1 is 0.341 bits per heavy atom. The number of rotatable bonds is 33. The highest BCUT2D eigenvalue weighted by Gasteiger charge is 2.32. The average Bonchev–Trinajstić information content (AvgIpc) is 1.68. The first kappa shape index (κ1) is 82.3. The smallest absolute Gasteiger partial charge is 0.272 e. The highest BCUT2D eigenvalue weighted by molar-refractivity contribution is 5.93. The van der Waals surface area contributed by atoms with Crippen LogP contribution in [0, 0.1) is 5.92 Å². The van der Waals surface area contributed by atoms with Crippen LogP contribution >= 0.6 is 0 Å². The fourth-order valence-electron chi connectivity index (χ4n) is 16.3. The van der Waals surface area contributed by atoms with E-state index >= 15 is 0 Å². The number of H-pyrrole nitrogens is 3. The maximum atomic E-state index is 13.6. The molecule has 22 heteroatoms. The number of amides is 3. The quantitative estimate of drug-likeness (QED) is 0.0224. The second-order valence-corrected chi connectivity index (χ2v) is 31.0. The van der Waals surface area contributed by atoms with E-state index in [2.05, 4.69) is 264 Å². The van der Waals surface area contributed by atoms with E-state index < -0.39 is 12.1 Å². The van der Waals surface area contributed by atoms with E-state index in [9.17, 15) is 14.4 Å². The standard InChI is InChI=1S/C34H32N6O.C34H37N5O2.C33H31N7O/c41-34(30-17-9-10-21-35-30)37-31(23-27-24-36-29-16-8-7-15-28(27)29)33-39-38-32(19-18-25-11-3-1-4-12-25)40(33)22-20-26-13-5-2-6-14-26;40-34(27-18-21-41-22-19-27)36-31(23-28-24-35-30-14-8-7-13-29(28)30)33-38-37-32(16-15-25-9-3-1-4-10-25)39(33)20-17-26-11-5-2-6-12-26;41-33(30-23-34-18-19-35-30)37-29(21-26-22-36-28-14-8-7-13-27(26)28)32-39-38-31(16-15-24-9-3-1-4-10-24)40(32)20-17-25-11-5-2-6-12-25/h1-17,21,24,31,36H,18-20,22-23H2,(H,37,41);1-14,24,27,31,35H,15-23H2,(H,36,40);1-14,18-19,22-23,29,36H,15-17,20-21H2,(H,37,41)/t2*31-;29-/m111/s1. The number of carbonyl (C=O) groups is 3. The second-order valence-electron chi connectivity index (χ2n) is 31.0. The molecule has 1 aliphatic rings. The van der Waals surface area contributed by atoms with Gasteiger partial charge in [0.25, 0.3) is 11.8 Å². The lowest BCUT2D eigenvalue weighted by molar-refractivity contribution is -0.128. The number of ether oxygens (including phenoxy) is 1. The third kappa shape index (κ3) is 21.8. The van der Waals surface area contributed by atoms with E-state index in [0.29, 0.717) is 51.3 Å². The summed E-state index contributed by atoms with van der Waals surface area (Å²) in [5.74, 6) is 4.54. The lowest BCUT2D eigenvalue weighted by Crippen LogP contribution is -2.38. The van der Waals surface area contributed by atoms with Crippen LogP contribution in [-0.2, 0) is 106 Å². The number of hydrogen-bond donors (Lipinski definition) is 6. The topological polar surface area (TPSA) is 275 Å². The van der Waals surface area contributed by atoms with Gasteiger partial charge in [0.2, 0.25) is 5.91 Å². The van der Waals surface area contributed by atoms with Crippen molar-refractivity contribution in [3.05, 3.63) is 413 Å². The van der Waals surface area contributed by atoms with Crippen LogP contribution in [0.5, 0.6) is 0 Å². The van der Waals surface area contributed by atoms with Crippen LogP contribution in [0.15, 0.2) is 316 Å². The van der Waals surface area contributed by atoms with Gasteiger partial charge in [0, 0.05) is 147 Å². The summed E-state index contributed by atoms with van der Waals surface area (Å²) in [6.45, 7) is 3.40. The van der Waals surface area contributed by atoms with Crippen LogP contribution in [0.25, 0.3) is 32.7 Å². The molecule has 3 amide bonds. The van der Waals surface area contributed by atoms with Gasteiger partial charge in [-0.1, -0.05) is 243 Å². The summed E-state index contributed by atoms with van der Waals surface area (Å²) in [5.41, 5.74) is 14.7. The molecule has 0 radical (unpaired) electrons. The highest BCUT2D eigenvalue weighted by Crippen LogP contribution is 2.31. The van der Waals surface area contributed by atoms with Crippen LogP contribution in [0.1, 0.15) is 137 Å². The van der Waals surface area contributed by atoms with Crippen LogP contribution in [0.3, 0.4) is 0 Å². The van der Waals surface area contributed by atoms with Gasteiger partial charge in [0.1, 0.15) is 28.9 Å². The number of nitrogens with one attached hydrogen (secondary N) is 6. The predicted molar refractivity (Wildman–Crippen MR) is 479 cm³/mol. The van der Waals surface area contributed by atoms with Crippen molar-refractivity contribution in [2.75, 3.05) is 13.2 Å². The van der Waals surface area contributed by atoms with E-state index in [1.807, 2.05) is 85.2 Å². The largest absolute Gasteiger partial charge is 0.381 e. The van der Waals surface area contributed by atoms with Crippen molar-refractivity contribution < 1.29 is 19.1 Å². The molecule has 17 aromatic rings. The average molecular weight is 1630 g/mol. The zero-order chi connectivity index (χ0) is 83.6. The Balaban J connectivity index is 0.000000137. The van der Waals surface area contributed by atoms with Crippen molar-refractivity contribution in [3.63, 3.8) is 0 Å². The number of carbonyl (C=O) groups excluding carboxylic acids is 3. The van der Waals surface area contributed by atoms with E-state index in [0.717, 1.165) is 162 Å². The lowest BCUT2D eigenvalue weighted by atomic mass is 9.97. The minimum Gasteiger partial charge on any atom is -0.381 e. The number of benzene rings is 9. The Morgan fingerprint density at radius 2 is 0.667 bits per heavy atom. The SMILES string of the molecule is O=C(N[C@H](Cc1c[nH]c2ccccc12)c1nnc(CCc2ccccc2)n1CCc1ccccc1)C1CCOCC1.O=C(N[C@H](Cc1c[nH]c2ccccc12)c1nnc(CCc2ccccc2)n1CCc1ccccc1)c1ccccn1.O=C(N[C@H](Cc1c[nH]c2ccccc12)c1nnc(CCc2ccccc2)n1CCc1ccccc1)c1cnccn1. The minimum atomic E-state index is -0.433. The zero-order valence-corrected chi connectivity index (χ0v) is 68.8. The molecule has 1 fully saturated rings. The molecule has 123 heavy (non-hydrogen) atoms. The number of fused-ring (bicyclic) bond motifs is 3. The molecule has 1 saturated heterocycles. The number of aromatic amines is 3. The first-order valence-electron chi connectivity index (χ1n) is 42.5. The first-order valence-corrected chi connectivity index (χ1v) is 42.5. The summed E-state index contributed by atoms with van der Waals surface area (Å²) in [6.07, 6.45) is 22.9. The van der Waals surface area contributed by atoms with Crippen LogP contribution < -0.4 is 16.0 Å². The molecule has 0 bridgehead atoms. The Morgan fingerprint density at radius 3 is 1.02 bits per heavy atom. The van der Waals surface area contributed by atoms with E-state index in [-0.39, 0.29) is 35.4 Å². The van der Waals surface area contributed by atoms with E-state index in [1.165, 1.54) is 45.8 Å². The Bertz CT molecular complexity index is 5910. The number of para-hydroxylation sites is 3. The zero-order valence-electron chi connectivity index (χ0n) is 68.8. The Hall–Kier alpha value is -14.4. The summed E-state index contributed by atoms with van der Waals surface area (Å²) in [4.78, 5) is 63.0. The monoisotopic (exact) mass is 1630 g/mol. The van der Waals surface area contributed by atoms with Gasteiger partial charge in [-0.25, -0.2) is 4.98 Å². The van der Waals surface area contributed by atoms with Gasteiger partial charge in [0.05, 0.1) is 24.3 Å². The lowest BCUT2D eigenvalue weighted by Gasteiger charge is -2.25. The number of pyridine rings is 1. The van der Waals surface area contributed by atoms with Gasteiger partial charge in [-0.3, -0.25) is 24.4 Å². The van der Waals surface area contributed by atoms with Crippen molar-refractivity contribution in [3.8, 4) is 0 Å². The molecular weight excluding hydrogens is 1530 g/mol. The van der Waals surface area contributed by atoms with Crippen LogP contribution in [0.2, 0.25) is 0 Å². The van der Waals surface area contributed by atoms with Gasteiger partial charge >= 0.3 is 0 Å². The molecular formula is C101H100N18O4. The normalized spacial score (nSPS) is 12.8. The molecule has 0 saturated carbocycles. The maximum Gasteiger partial charge on any atom is 0.272 e. The number of nitrogens with zero attached hydrogens (tertiary/aromatic N) is 12. The summed E-state index contributed by atoms with van der Waals surface area (Å²) >= 11 is 0. The fraction of sp³-hybridized carbons (Fsp3) is 0.228. The Labute approximate surface area is 715 Å². The highest BCUT2D eigenvalue weighted by atomic mass is 16.5. The predicted octanol–water partition coefficient (Wildman–Crippen LogP) is 16.8. The second kappa shape index (κ2) is 41.5. The fourth-order valence-corrected chi connectivity index (χ4v) is 16.3. The molecule has 1 aliphatic heterocycles. The summed E-state index contributed by atoms with van der Waals surface area (Å²) in [6, 6.07) is 91.6. The summed E-state index contributed by atoms with van der Waals surface area (Å²) < 4.78 is 12.2. The van der Waals surface area contributed by atoms with Gasteiger partial charge in [-0.05, 0) is 132 Å². The minimum absolute atomic E-state index is 0.0486. The van der Waals surface area contributed by atoms with Crippen molar-refractivity contribution >= 4 is 50.4 Å². The van der Waals surface area contributed by atoms with E-state index in [4.69, 9.17) is 25.1 Å². The van der Waals surface area contributed by atoms with Crippen molar-refractivity contribution in [2.24, 2.45) is 5.92 Å². The molecule has 9 heterocycles. The number of hydrogen-bond acceptors (Lipinski definition) is 13. The van der Waals surface area contributed by atoms with Gasteiger partial charge in [-0.15, -0.1) is 30.6 Å². The Kier molecular flexibility index (Phi) is 27.8. The summed E-state index contributed by atoms with van der Waals surface area (Å²) in [5, 5.41) is 41.5. The van der Waals surface area contributed by atoms with Crippen molar-refractivity contribution in [1.29, 1.82) is 0 Å². The van der Waals surface area contributed by atoms with Crippen molar-refractivity contribution in [1.82, 2.24) is 90.1 Å². The van der Waals surface area contributed by atoms with Crippen LogP contribution in [-0.4, -0.2) is 105 Å². The number of aryl methyl sites for hydroxylation is 9. The molecule has 18 rings (SSSR count). The third-order valence-corrected chi connectivity index (χ3v) is 22.9. The first-order chi connectivity index (χ1) is 60.7. The number of aromatic nitrogens is 15. The molecule has 618 valence electrons. The van der Waals surface area contributed by atoms with E-state index in [1.54, 1.807) is 24.5 Å². The molecule has 0 spiro atoms. The van der Waals surface area contributed by atoms with Crippen molar-refractivity contribution in [2.45, 2.75) is 128 Å². The molecule has 22 nitrogen and oxygen atoms in total. The maximum absolute atomic E-state index is 13.6. The molecule has 6 N–H and O–H groups in total. The summed E-state index contributed by atoms with van der Waals surface area (Å²) in [7, 11) is 0. The molecule has 0 unspecified atom stereocenters. The van der Waals surface area contributed by atoms with Gasteiger partial charge in [-0.2, -0.15) is 0 Å². The molecule has 9 aromatic carbocycles. The molecule has 8 aromatic heterocycles. The van der Waals surface area contributed by atoms with Crippen LogP contribution in [0.4, 0.5) is 0 Å². The molecule has 3 atom stereocenters.